The van der Waals surface area contributed by atoms with Gasteiger partial charge in [0.15, 0.2) is 0 Å². The summed E-state index contributed by atoms with van der Waals surface area (Å²) in [6.45, 7) is 0. The SMILES string of the molecule is O=C(O)[C@@H]1CSSC[C@@H](C(=O)O)[NH][Nd][NH]1. The van der Waals surface area contributed by atoms with Crippen LogP contribution in [0.3, 0.4) is 0 Å². The van der Waals surface area contributed by atoms with E-state index in [-0.39, 0.29) is 0 Å². The molecule has 1 fully saturated rings. The van der Waals surface area contributed by atoms with Crippen LogP contribution in [0.25, 0.3) is 0 Å². The van der Waals surface area contributed by atoms with Gasteiger partial charge in [-0.2, -0.15) is 0 Å². The van der Waals surface area contributed by atoms with Gasteiger partial charge in [0, 0.05) is 0 Å². The maximum absolute atomic E-state index is 10.7. The van der Waals surface area contributed by atoms with E-state index in [2.05, 4.69) is 2.80 Å². The van der Waals surface area contributed by atoms with Gasteiger partial charge in [-0.1, -0.05) is 0 Å². The van der Waals surface area contributed by atoms with Gasteiger partial charge in [0.25, 0.3) is 0 Å². The summed E-state index contributed by atoms with van der Waals surface area (Å²) in [5, 5.41) is 17.6. The molecule has 0 aromatic rings. The monoisotopic (exact) mass is 380 g/mol. The van der Waals surface area contributed by atoms with Crippen molar-refractivity contribution in [3.63, 3.8) is 0 Å². The van der Waals surface area contributed by atoms with Crippen molar-refractivity contribution < 1.29 is 57.3 Å². The first kappa shape index (κ1) is 14.0. The number of carboxylic acids is 2. The number of carboxylic acid groups (broad SMARTS) is 2. The molecule has 1 rings (SSSR count). The van der Waals surface area contributed by atoms with Crippen molar-refractivity contribution >= 4 is 33.5 Å². The Bertz CT molecular complexity index is 231. The van der Waals surface area contributed by atoms with Crippen LogP contribution in [0.5, 0.6) is 0 Å². The second kappa shape index (κ2) is 7.28. The molecule has 0 aliphatic carbocycles. The third kappa shape index (κ3) is 5.18. The van der Waals surface area contributed by atoms with Gasteiger partial charge in [0.05, 0.1) is 0 Å². The van der Waals surface area contributed by atoms with E-state index in [0.717, 1.165) is 0 Å². The summed E-state index contributed by atoms with van der Waals surface area (Å²) in [6, 6.07) is -1.10. The summed E-state index contributed by atoms with van der Waals surface area (Å²) in [5.74, 6) is -0.792. The molecule has 0 radical (unpaired) electrons. The van der Waals surface area contributed by atoms with Crippen molar-refractivity contribution in [3.05, 3.63) is 0 Å². The first-order valence-corrected chi connectivity index (χ1v) is 9.77. The Labute approximate surface area is 116 Å². The van der Waals surface area contributed by atoms with Gasteiger partial charge in [-0.15, -0.1) is 0 Å². The maximum atomic E-state index is 10.7. The van der Waals surface area contributed by atoms with E-state index in [9.17, 15) is 9.59 Å². The van der Waals surface area contributed by atoms with Gasteiger partial charge in [0.2, 0.25) is 0 Å². The summed E-state index contributed by atoms with van der Waals surface area (Å²) < 4.78 is 5.86. The minimum atomic E-state index is -1.53. The third-order valence-electron chi connectivity index (χ3n) is 1.64. The first-order chi connectivity index (χ1) is 7.11. The molecule has 1 aliphatic heterocycles. The number of carbonyl (C=O) groups is 2. The predicted octanol–water partition coefficient (Wildman–Crippen LogP) is -0.618. The van der Waals surface area contributed by atoms with Gasteiger partial charge in [-0.25, -0.2) is 0 Å². The zero-order valence-electron chi connectivity index (χ0n) is 7.60. The molecular weight excluding hydrogens is 372 g/mol. The van der Waals surface area contributed by atoms with Crippen molar-refractivity contribution in [2.24, 2.45) is 0 Å². The van der Waals surface area contributed by atoms with Crippen LogP contribution >= 0.6 is 21.6 Å². The molecule has 0 aromatic carbocycles. The fraction of sp³-hybridized carbons (Fsp3) is 0.667. The van der Waals surface area contributed by atoms with E-state index in [1.165, 1.54) is 21.6 Å². The molecule has 84 valence electrons. The van der Waals surface area contributed by atoms with Gasteiger partial charge in [-0.05, 0) is 0 Å². The van der Waals surface area contributed by atoms with Crippen LogP contribution in [-0.4, -0.2) is 45.7 Å². The molecule has 1 aliphatic rings. The Balaban J connectivity index is 2.48. The average Bonchev–Trinajstić information content (AvgIpc) is 2.27. The fourth-order valence-corrected chi connectivity index (χ4v) is 6.89. The Kier molecular flexibility index (Phi) is 6.78. The second-order valence-electron chi connectivity index (χ2n) is 2.76. The van der Waals surface area contributed by atoms with Gasteiger partial charge in [0.1, 0.15) is 0 Å². The molecule has 1 saturated heterocycles. The standard InChI is InChI=1S/C6H10N2O4S2.Nd/c7-3(5(9)10)1-13-14-2-4(8)6(11)12;/h3-4,7-8H,1-2H2,(H,9,10)(H,11,12);/q-2;+2/t3-,4-;/m0./s1. The minimum absolute atomic E-state index is 0.473. The molecule has 4 N–H and O–H groups in total. The van der Waals surface area contributed by atoms with Crippen LogP contribution in [0.4, 0.5) is 0 Å². The first-order valence-electron chi connectivity index (χ1n) is 4.07. The number of hydrogen-bond acceptors (Lipinski definition) is 6. The van der Waals surface area contributed by atoms with E-state index < -0.39 is 61.5 Å². The molecule has 6 nitrogen and oxygen atoms in total. The van der Waals surface area contributed by atoms with E-state index in [1.54, 1.807) is 0 Å². The molecular formula is C6H10N2NdO4S2. The van der Waals surface area contributed by atoms with Crippen molar-refractivity contribution in [1.82, 2.24) is 2.80 Å². The summed E-state index contributed by atoms with van der Waals surface area (Å²) >= 11 is -1.53. The van der Waals surface area contributed by atoms with E-state index in [1.807, 2.05) is 0 Å². The van der Waals surface area contributed by atoms with Crippen LogP contribution < -0.4 is 2.80 Å². The molecule has 15 heavy (non-hydrogen) atoms. The summed E-state index contributed by atoms with van der Waals surface area (Å²) in [4.78, 5) is 21.5. The number of nitrogens with one attached hydrogen (secondary N) is 2. The normalized spacial score (nSPS) is 28.0. The van der Waals surface area contributed by atoms with Crippen LogP contribution in [-0.2, 0) is 9.59 Å². The molecule has 0 unspecified atom stereocenters. The van der Waals surface area contributed by atoms with Crippen LogP contribution in [0.2, 0.25) is 0 Å². The number of hydrogen-bond donors (Lipinski definition) is 4. The zero-order chi connectivity index (χ0) is 11.3. The van der Waals surface area contributed by atoms with E-state index in [0.29, 0.717) is 11.5 Å². The Hall–Kier alpha value is 0.911. The van der Waals surface area contributed by atoms with Crippen molar-refractivity contribution in [2.75, 3.05) is 11.5 Å². The fourth-order valence-electron chi connectivity index (χ4n) is 0.798. The summed E-state index contributed by atoms with van der Waals surface area (Å²) in [7, 11) is 2.80. The van der Waals surface area contributed by atoms with Crippen molar-refractivity contribution in [2.45, 2.75) is 12.1 Å². The summed E-state index contributed by atoms with van der Waals surface area (Å²) in [6.07, 6.45) is 0. The van der Waals surface area contributed by atoms with E-state index >= 15 is 0 Å². The molecule has 2 atom stereocenters. The molecule has 0 saturated carbocycles. The molecule has 0 bridgehead atoms. The van der Waals surface area contributed by atoms with Gasteiger partial charge in [-0.3, -0.25) is 0 Å². The Morgan fingerprint density at radius 3 is 1.80 bits per heavy atom. The Morgan fingerprint density at radius 1 is 1.07 bits per heavy atom. The average molecular weight is 383 g/mol. The molecule has 0 amide bonds. The van der Waals surface area contributed by atoms with E-state index in [4.69, 9.17) is 10.2 Å². The second-order valence-corrected chi connectivity index (χ2v) is 7.97. The van der Waals surface area contributed by atoms with Gasteiger partial charge < -0.3 is 0 Å². The molecule has 0 aromatic heterocycles. The molecule has 0 spiro atoms. The number of rotatable bonds is 2. The topological polar surface area (TPSA) is 98.7 Å². The predicted molar refractivity (Wildman–Crippen MR) is 54.0 cm³/mol. The molecule has 1 heterocycles. The zero-order valence-corrected chi connectivity index (χ0v) is 12.4. The Morgan fingerprint density at radius 2 is 1.47 bits per heavy atom. The quantitative estimate of drug-likeness (QED) is 0.469. The van der Waals surface area contributed by atoms with Crippen molar-refractivity contribution in [3.8, 4) is 0 Å². The third-order valence-corrected chi connectivity index (χ3v) is 7.23. The molecule has 9 heteroatoms. The van der Waals surface area contributed by atoms with Crippen LogP contribution in [0.1, 0.15) is 0 Å². The van der Waals surface area contributed by atoms with Crippen LogP contribution in [0, 0.1) is 37.5 Å². The van der Waals surface area contributed by atoms with Gasteiger partial charge >= 0.3 is 117 Å². The van der Waals surface area contributed by atoms with Crippen LogP contribution in [0.15, 0.2) is 0 Å². The number of aliphatic carboxylic acids is 2. The van der Waals surface area contributed by atoms with Crippen molar-refractivity contribution in [1.29, 1.82) is 0 Å². The summed E-state index contributed by atoms with van der Waals surface area (Å²) in [5.41, 5.74) is 0.